The molecule has 6 heteroatoms. The van der Waals surface area contributed by atoms with Gasteiger partial charge in [-0.05, 0) is 32.1 Å². The molecule has 1 aromatic rings. The number of nitrogens with zero attached hydrogens (tertiary/aromatic N) is 3. The summed E-state index contributed by atoms with van der Waals surface area (Å²) in [5.74, 6) is 1.36. The smallest absolute Gasteiger partial charge is 0.257 e. The Morgan fingerprint density at radius 3 is 2.81 bits per heavy atom. The van der Waals surface area contributed by atoms with Gasteiger partial charge < -0.3 is 10.6 Å². The Hall–Kier alpha value is -1.72. The van der Waals surface area contributed by atoms with Crippen LogP contribution in [0.1, 0.15) is 48.7 Å². The van der Waals surface area contributed by atoms with Crippen LogP contribution < -0.4 is 10.6 Å². The van der Waals surface area contributed by atoms with E-state index in [4.69, 9.17) is 15.7 Å². The average Bonchev–Trinajstić information content (AvgIpc) is 3.06. The zero-order valence-electron chi connectivity index (χ0n) is 11.9. The van der Waals surface area contributed by atoms with E-state index in [-0.39, 0.29) is 13.0 Å². The van der Waals surface area contributed by atoms with Gasteiger partial charge in [0.05, 0.1) is 6.54 Å². The number of carbonyl (C=O) groups is 1. The highest BCUT2D eigenvalue weighted by Crippen LogP contribution is 2.41. The van der Waals surface area contributed by atoms with E-state index in [0.29, 0.717) is 12.5 Å². The zero-order chi connectivity index (χ0) is 14.6. The number of fused-ring (bicyclic) bond motifs is 1. The van der Waals surface area contributed by atoms with Crippen molar-refractivity contribution in [1.29, 1.82) is 0 Å². The van der Waals surface area contributed by atoms with Crippen LogP contribution in [0.4, 0.5) is 10.2 Å². The summed E-state index contributed by atoms with van der Waals surface area (Å²) >= 11 is 0. The van der Waals surface area contributed by atoms with Gasteiger partial charge >= 0.3 is 0 Å². The third-order valence-corrected chi connectivity index (χ3v) is 4.83. The number of primary amides is 1. The first-order chi connectivity index (χ1) is 10.1. The molecule has 2 N–H and O–H groups in total. The van der Waals surface area contributed by atoms with Crippen molar-refractivity contribution in [2.24, 2.45) is 5.73 Å². The Kier molecular flexibility index (Phi) is 2.71. The van der Waals surface area contributed by atoms with E-state index in [0.717, 1.165) is 55.0 Å². The number of carbonyl (C=O) groups excluding carboxylic acids is 1. The van der Waals surface area contributed by atoms with E-state index < -0.39 is 11.6 Å². The molecule has 1 aromatic heterocycles. The van der Waals surface area contributed by atoms with Crippen LogP contribution in [0.3, 0.4) is 0 Å². The second-order valence-electron chi connectivity index (χ2n) is 6.46. The zero-order valence-corrected chi connectivity index (χ0v) is 11.9. The first-order valence-electron chi connectivity index (χ1n) is 7.70. The number of anilines is 1. The lowest BCUT2D eigenvalue weighted by Crippen LogP contribution is -2.42. The summed E-state index contributed by atoms with van der Waals surface area (Å²) in [6.45, 7) is 0.517. The number of rotatable bonds is 3. The van der Waals surface area contributed by atoms with Crippen LogP contribution in [0, 0.1) is 0 Å². The molecule has 1 amide bonds. The second kappa shape index (κ2) is 4.39. The molecule has 1 aliphatic heterocycles. The minimum Gasteiger partial charge on any atom is -0.367 e. The van der Waals surface area contributed by atoms with Crippen LogP contribution in [0.2, 0.25) is 0 Å². The van der Waals surface area contributed by atoms with Crippen molar-refractivity contribution in [3.63, 3.8) is 0 Å². The molecule has 2 aliphatic carbocycles. The maximum atomic E-state index is 14.4. The van der Waals surface area contributed by atoms with Gasteiger partial charge in [-0.3, -0.25) is 4.79 Å². The largest absolute Gasteiger partial charge is 0.367 e. The summed E-state index contributed by atoms with van der Waals surface area (Å²) in [6, 6.07) is 0. The van der Waals surface area contributed by atoms with Crippen molar-refractivity contribution in [1.82, 2.24) is 9.97 Å². The SMILES string of the molecule is NC(=O)C1(F)CCN(c2nc(C3CC3)nc3c2CCC3)C1. The van der Waals surface area contributed by atoms with Crippen LogP contribution in [-0.4, -0.2) is 34.6 Å². The lowest BCUT2D eigenvalue weighted by atomic mass is 10.1. The molecule has 1 saturated carbocycles. The van der Waals surface area contributed by atoms with Crippen LogP contribution in [0.15, 0.2) is 0 Å². The van der Waals surface area contributed by atoms with Crippen molar-refractivity contribution in [3.05, 3.63) is 17.1 Å². The van der Waals surface area contributed by atoms with Crippen LogP contribution in [-0.2, 0) is 17.6 Å². The molecule has 0 radical (unpaired) electrons. The Bertz CT molecular complexity index is 616. The lowest BCUT2D eigenvalue weighted by Gasteiger charge is -2.22. The van der Waals surface area contributed by atoms with E-state index in [1.54, 1.807) is 0 Å². The van der Waals surface area contributed by atoms with Gasteiger partial charge in [-0.25, -0.2) is 14.4 Å². The number of halogens is 1. The fourth-order valence-corrected chi connectivity index (χ4v) is 3.37. The van der Waals surface area contributed by atoms with E-state index in [9.17, 15) is 9.18 Å². The number of aryl methyl sites for hydroxylation is 1. The number of amides is 1. The monoisotopic (exact) mass is 290 g/mol. The molecule has 5 nitrogen and oxygen atoms in total. The molecule has 2 fully saturated rings. The highest BCUT2D eigenvalue weighted by atomic mass is 19.1. The topological polar surface area (TPSA) is 72.1 Å². The van der Waals surface area contributed by atoms with Crippen molar-refractivity contribution in [2.75, 3.05) is 18.0 Å². The highest BCUT2D eigenvalue weighted by Gasteiger charge is 2.45. The maximum absolute atomic E-state index is 14.4. The summed E-state index contributed by atoms with van der Waals surface area (Å²) in [5, 5.41) is 0. The third-order valence-electron chi connectivity index (χ3n) is 4.83. The normalized spacial score (nSPS) is 28.0. The standard InChI is InChI=1S/C15H19FN4O/c16-15(14(17)21)6-7-20(8-15)13-10-2-1-3-11(10)18-12(19-13)9-4-5-9/h9H,1-8H2,(H2,17,21). The minimum atomic E-state index is -1.92. The molecule has 1 unspecified atom stereocenters. The maximum Gasteiger partial charge on any atom is 0.257 e. The summed E-state index contributed by atoms with van der Waals surface area (Å²) in [7, 11) is 0. The van der Waals surface area contributed by atoms with Gasteiger partial charge in [-0.15, -0.1) is 0 Å². The van der Waals surface area contributed by atoms with Gasteiger partial charge in [0, 0.05) is 30.1 Å². The highest BCUT2D eigenvalue weighted by molar-refractivity contribution is 5.85. The van der Waals surface area contributed by atoms with Crippen molar-refractivity contribution >= 4 is 11.7 Å². The summed E-state index contributed by atoms with van der Waals surface area (Å²) in [5.41, 5.74) is 5.55. The minimum absolute atomic E-state index is 0.0237. The van der Waals surface area contributed by atoms with Gasteiger partial charge in [-0.2, -0.15) is 0 Å². The van der Waals surface area contributed by atoms with E-state index in [2.05, 4.69) is 0 Å². The van der Waals surface area contributed by atoms with Gasteiger partial charge in [0.25, 0.3) is 5.91 Å². The van der Waals surface area contributed by atoms with Gasteiger partial charge in [0.1, 0.15) is 11.6 Å². The number of aromatic nitrogens is 2. The molecule has 4 rings (SSSR count). The average molecular weight is 290 g/mol. The molecule has 2 heterocycles. The van der Waals surface area contributed by atoms with Gasteiger partial charge in [0.15, 0.2) is 0 Å². The van der Waals surface area contributed by atoms with E-state index >= 15 is 0 Å². The molecule has 3 aliphatic rings. The van der Waals surface area contributed by atoms with Crippen LogP contribution in [0.25, 0.3) is 0 Å². The Balaban J connectivity index is 1.70. The van der Waals surface area contributed by atoms with Crippen molar-refractivity contribution < 1.29 is 9.18 Å². The Morgan fingerprint density at radius 1 is 1.33 bits per heavy atom. The number of alkyl halides is 1. The fourth-order valence-electron chi connectivity index (χ4n) is 3.37. The second-order valence-corrected chi connectivity index (χ2v) is 6.46. The molecular weight excluding hydrogens is 271 g/mol. The quantitative estimate of drug-likeness (QED) is 0.909. The molecule has 1 atom stereocenters. The summed E-state index contributed by atoms with van der Waals surface area (Å²) < 4.78 is 14.4. The number of hydrogen-bond acceptors (Lipinski definition) is 4. The first kappa shape index (κ1) is 13.0. The Morgan fingerprint density at radius 2 is 2.14 bits per heavy atom. The lowest BCUT2D eigenvalue weighted by molar-refractivity contribution is -0.128. The van der Waals surface area contributed by atoms with E-state index in [1.165, 1.54) is 0 Å². The first-order valence-corrected chi connectivity index (χ1v) is 7.70. The molecular formula is C15H19FN4O. The fraction of sp³-hybridized carbons (Fsp3) is 0.667. The number of nitrogens with two attached hydrogens (primary N) is 1. The van der Waals surface area contributed by atoms with Crippen LogP contribution >= 0.6 is 0 Å². The van der Waals surface area contributed by atoms with E-state index in [1.807, 2.05) is 4.90 Å². The summed E-state index contributed by atoms with van der Waals surface area (Å²) in [4.78, 5) is 22.6. The Labute approximate surface area is 122 Å². The summed E-state index contributed by atoms with van der Waals surface area (Å²) in [6.07, 6.45) is 5.45. The molecule has 21 heavy (non-hydrogen) atoms. The number of hydrogen-bond donors (Lipinski definition) is 1. The molecule has 0 bridgehead atoms. The third kappa shape index (κ3) is 2.08. The molecule has 1 saturated heterocycles. The van der Waals surface area contributed by atoms with Crippen LogP contribution in [0.5, 0.6) is 0 Å². The predicted octanol–water partition coefficient (Wildman–Crippen LogP) is 1.25. The molecule has 0 aromatic carbocycles. The van der Waals surface area contributed by atoms with Gasteiger partial charge in [0.2, 0.25) is 5.67 Å². The van der Waals surface area contributed by atoms with Crippen molar-refractivity contribution in [2.45, 2.75) is 50.1 Å². The van der Waals surface area contributed by atoms with Gasteiger partial charge in [-0.1, -0.05) is 0 Å². The molecule has 112 valence electrons. The van der Waals surface area contributed by atoms with Crippen molar-refractivity contribution in [3.8, 4) is 0 Å². The predicted molar refractivity (Wildman–Crippen MR) is 75.9 cm³/mol. The molecule has 0 spiro atoms.